The first kappa shape index (κ1) is 18.5. The predicted molar refractivity (Wildman–Crippen MR) is 98.0 cm³/mol. The van der Waals surface area contributed by atoms with Crippen LogP contribution in [0.4, 0.5) is 20.2 Å². The summed E-state index contributed by atoms with van der Waals surface area (Å²) in [6.07, 6.45) is 0. The lowest BCUT2D eigenvalue weighted by Gasteiger charge is -2.09. The second-order valence-corrected chi connectivity index (χ2v) is 7.28. The van der Waals surface area contributed by atoms with E-state index in [1.54, 1.807) is 0 Å². The van der Waals surface area contributed by atoms with Gasteiger partial charge < -0.3 is 5.32 Å². The molecule has 3 aromatic carbocycles. The van der Waals surface area contributed by atoms with E-state index >= 15 is 0 Å². The summed E-state index contributed by atoms with van der Waals surface area (Å²) < 4.78 is 53.1. The van der Waals surface area contributed by atoms with E-state index in [0.29, 0.717) is 5.69 Å². The summed E-state index contributed by atoms with van der Waals surface area (Å²) in [6.45, 7) is 0. The van der Waals surface area contributed by atoms with Crippen molar-refractivity contribution in [3.05, 3.63) is 90.0 Å². The normalized spacial score (nSPS) is 11.0. The molecule has 0 heterocycles. The van der Waals surface area contributed by atoms with Gasteiger partial charge in [-0.3, -0.25) is 9.52 Å². The summed E-state index contributed by atoms with van der Waals surface area (Å²) >= 11 is 0. The first-order valence-electron chi connectivity index (χ1n) is 7.79. The third-order valence-electron chi connectivity index (χ3n) is 3.61. The molecule has 0 saturated carbocycles. The molecule has 1 amide bonds. The van der Waals surface area contributed by atoms with Gasteiger partial charge in [-0.15, -0.1) is 0 Å². The number of hydrogen-bond acceptors (Lipinski definition) is 3. The molecular weight excluding hydrogens is 374 g/mol. The van der Waals surface area contributed by atoms with Crippen molar-refractivity contribution >= 4 is 27.3 Å². The van der Waals surface area contributed by atoms with Crippen molar-refractivity contribution < 1.29 is 22.0 Å². The summed E-state index contributed by atoms with van der Waals surface area (Å²) in [4.78, 5) is 12.0. The molecule has 0 bridgehead atoms. The van der Waals surface area contributed by atoms with Crippen LogP contribution < -0.4 is 10.0 Å². The highest BCUT2D eigenvalue weighted by atomic mass is 32.2. The number of amides is 1. The summed E-state index contributed by atoms with van der Waals surface area (Å²) in [5, 5.41) is 2.56. The molecular formula is C19H14F2N2O3S. The standard InChI is InChI=1S/C19H14F2N2O3S/c20-14-4-6-17(7-5-14)23-27(25,26)18-10-8-16(9-11-18)22-19(24)13-2-1-3-15(21)12-13/h1-12,23H,(H,22,24). The van der Waals surface area contributed by atoms with Gasteiger partial charge in [0.25, 0.3) is 15.9 Å². The molecule has 3 aromatic rings. The fraction of sp³-hybridized carbons (Fsp3) is 0. The van der Waals surface area contributed by atoms with Crippen LogP contribution in [0.15, 0.2) is 77.7 Å². The maximum atomic E-state index is 13.2. The maximum Gasteiger partial charge on any atom is 0.261 e. The van der Waals surface area contributed by atoms with Gasteiger partial charge in [-0.2, -0.15) is 0 Å². The van der Waals surface area contributed by atoms with E-state index < -0.39 is 27.6 Å². The van der Waals surface area contributed by atoms with Gasteiger partial charge in [-0.25, -0.2) is 17.2 Å². The Morgan fingerprint density at radius 2 is 1.41 bits per heavy atom. The van der Waals surface area contributed by atoms with E-state index in [4.69, 9.17) is 0 Å². The molecule has 0 aliphatic heterocycles. The number of carbonyl (C=O) groups is 1. The van der Waals surface area contributed by atoms with Crippen molar-refractivity contribution in [2.75, 3.05) is 10.0 Å². The van der Waals surface area contributed by atoms with E-state index in [1.807, 2.05) is 0 Å². The molecule has 0 saturated heterocycles. The van der Waals surface area contributed by atoms with Crippen LogP contribution >= 0.6 is 0 Å². The Kier molecular flexibility index (Phi) is 5.18. The first-order chi connectivity index (χ1) is 12.8. The van der Waals surface area contributed by atoms with Gasteiger partial charge in [0.15, 0.2) is 0 Å². The SMILES string of the molecule is O=C(Nc1ccc(S(=O)(=O)Nc2ccc(F)cc2)cc1)c1cccc(F)c1. The molecule has 0 spiro atoms. The largest absolute Gasteiger partial charge is 0.322 e. The lowest BCUT2D eigenvalue weighted by atomic mass is 10.2. The van der Waals surface area contributed by atoms with E-state index in [-0.39, 0.29) is 16.1 Å². The third-order valence-corrected chi connectivity index (χ3v) is 5.00. The second-order valence-electron chi connectivity index (χ2n) is 5.60. The Morgan fingerprint density at radius 1 is 0.778 bits per heavy atom. The smallest absolute Gasteiger partial charge is 0.261 e. The van der Waals surface area contributed by atoms with E-state index in [1.165, 1.54) is 54.6 Å². The molecule has 0 aliphatic carbocycles. The number of nitrogens with one attached hydrogen (secondary N) is 2. The number of rotatable bonds is 5. The number of sulfonamides is 1. The molecule has 0 radical (unpaired) electrons. The molecule has 5 nitrogen and oxygen atoms in total. The highest BCUT2D eigenvalue weighted by Gasteiger charge is 2.15. The molecule has 0 aromatic heterocycles. The molecule has 0 aliphatic rings. The number of halogens is 2. The van der Waals surface area contributed by atoms with Gasteiger partial charge in [0.2, 0.25) is 0 Å². The van der Waals surface area contributed by atoms with Gasteiger partial charge >= 0.3 is 0 Å². The van der Waals surface area contributed by atoms with Crippen LogP contribution in [0.1, 0.15) is 10.4 Å². The first-order valence-corrected chi connectivity index (χ1v) is 9.27. The Hall–Kier alpha value is -3.26. The fourth-order valence-electron chi connectivity index (χ4n) is 2.28. The lowest BCUT2D eigenvalue weighted by molar-refractivity contribution is 0.102. The lowest BCUT2D eigenvalue weighted by Crippen LogP contribution is -2.14. The van der Waals surface area contributed by atoms with Gasteiger partial charge in [0.1, 0.15) is 11.6 Å². The van der Waals surface area contributed by atoms with E-state index in [2.05, 4.69) is 10.0 Å². The van der Waals surface area contributed by atoms with Gasteiger partial charge in [0.05, 0.1) is 4.90 Å². The quantitative estimate of drug-likeness (QED) is 0.693. The van der Waals surface area contributed by atoms with Crippen molar-refractivity contribution in [3.63, 3.8) is 0 Å². The molecule has 2 N–H and O–H groups in total. The van der Waals surface area contributed by atoms with E-state index in [0.717, 1.165) is 18.2 Å². The van der Waals surface area contributed by atoms with Crippen LogP contribution in [0.25, 0.3) is 0 Å². The molecule has 0 atom stereocenters. The molecule has 27 heavy (non-hydrogen) atoms. The molecule has 0 fully saturated rings. The molecule has 3 rings (SSSR count). The summed E-state index contributed by atoms with van der Waals surface area (Å²) in [6, 6.07) is 15.6. The average molecular weight is 388 g/mol. The zero-order valence-electron chi connectivity index (χ0n) is 13.8. The van der Waals surface area contributed by atoms with Crippen molar-refractivity contribution in [3.8, 4) is 0 Å². The number of carbonyl (C=O) groups excluding carboxylic acids is 1. The van der Waals surface area contributed by atoms with Gasteiger partial charge in [-0.05, 0) is 66.7 Å². The Balaban J connectivity index is 1.72. The minimum absolute atomic E-state index is 0.0319. The van der Waals surface area contributed by atoms with Gasteiger partial charge in [-0.1, -0.05) is 6.07 Å². The van der Waals surface area contributed by atoms with Crippen molar-refractivity contribution in [1.29, 1.82) is 0 Å². The minimum Gasteiger partial charge on any atom is -0.322 e. The zero-order chi connectivity index (χ0) is 19.4. The Morgan fingerprint density at radius 3 is 2.04 bits per heavy atom. The van der Waals surface area contributed by atoms with Crippen LogP contribution in [0.3, 0.4) is 0 Å². The Labute approximate surface area is 154 Å². The summed E-state index contributed by atoms with van der Waals surface area (Å²) in [5.74, 6) is -1.53. The van der Waals surface area contributed by atoms with Crippen LogP contribution in [-0.2, 0) is 10.0 Å². The number of anilines is 2. The van der Waals surface area contributed by atoms with Crippen LogP contribution in [0.2, 0.25) is 0 Å². The summed E-state index contributed by atoms with van der Waals surface area (Å²) in [7, 11) is -3.86. The highest BCUT2D eigenvalue weighted by molar-refractivity contribution is 7.92. The second kappa shape index (κ2) is 7.55. The van der Waals surface area contributed by atoms with Gasteiger partial charge in [0, 0.05) is 16.9 Å². The fourth-order valence-corrected chi connectivity index (χ4v) is 3.34. The number of benzene rings is 3. The average Bonchev–Trinajstić information content (AvgIpc) is 2.64. The predicted octanol–water partition coefficient (Wildman–Crippen LogP) is 4.02. The van der Waals surface area contributed by atoms with E-state index in [9.17, 15) is 22.0 Å². The van der Waals surface area contributed by atoms with Crippen molar-refractivity contribution in [2.45, 2.75) is 4.90 Å². The maximum absolute atomic E-state index is 13.2. The van der Waals surface area contributed by atoms with Crippen molar-refractivity contribution in [2.24, 2.45) is 0 Å². The van der Waals surface area contributed by atoms with Crippen LogP contribution in [0, 0.1) is 11.6 Å². The van der Waals surface area contributed by atoms with Crippen LogP contribution in [-0.4, -0.2) is 14.3 Å². The molecule has 8 heteroatoms. The zero-order valence-corrected chi connectivity index (χ0v) is 14.6. The molecule has 138 valence electrons. The minimum atomic E-state index is -3.86. The molecule has 0 unspecified atom stereocenters. The topological polar surface area (TPSA) is 75.3 Å². The number of hydrogen-bond donors (Lipinski definition) is 2. The van der Waals surface area contributed by atoms with Crippen LogP contribution in [0.5, 0.6) is 0 Å². The highest BCUT2D eigenvalue weighted by Crippen LogP contribution is 2.19. The van der Waals surface area contributed by atoms with Crippen molar-refractivity contribution in [1.82, 2.24) is 0 Å². The third kappa shape index (κ3) is 4.68. The Bertz CT molecular complexity index is 1070. The summed E-state index contributed by atoms with van der Waals surface area (Å²) in [5.41, 5.74) is 0.717. The monoisotopic (exact) mass is 388 g/mol.